The molecule has 2 fully saturated rings. The molecule has 1 aromatic heterocycles. The Morgan fingerprint density at radius 3 is 2.44 bits per heavy atom. The molecule has 10 nitrogen and oxygen atoms in total. The van der Waals surface area contributed by atoms with Gasteiger partial charge in [0, 0.05) is 38.4 Å². The third-order valence-corrected chi connectivity index (χ3v) is 10.8. The number of anilines is 2. The van der Waals surface area contributed by atoms with Crippen LogP contribution in [0.15, 0.2) is 79.0 Å². The van der Waals surface area contributed by atoms with Gasteiger partial charge in [-0.05, 0) is 116 Å². The SMILES string of the molecule is C[C@@H]1C(=O)N(C)c2cc(-c3ccnc(NCC4CC4)c3)ccc2C(=O)N1Cc1cccc(C(=O)NCC2CC(OC(=O)c3ccc(Cl)c(Cl)c3)C2)c1. The average molecular weight is 741 g/mol. The van der Waals surface area contributed by atoms with Crippen LogP contribution in [0.4, 0.5) is 11.5 Å². The summed E-state index contributed by atoms with van der Waals surface area (Å²) in [5, 5.41) is 7.04. The molecule has 4 aromatic rings. The van der Waals surface area contributed by atoms with Crippen molar-refractivity contribution in [3.63, 3.8) is 0 Å². The normalized spacial score (nSPS) is 19.7. The van der Waals surface area contributed by atoms with Crippen LogP contribution in [0.25, 0.3) is 11.1 Å². The van der Waals surface area contributed by atoms with Gasteiger partial charge in [0.1, 0.15) is 18.0 Å². The van der Waals surface area contributed by atoms with Gasteiger partial charge in [-0.25, -0.2) is 9.78 Å². The number of hydrogen-bond donors (Lipinski definition) is 2. The summed E-state index contributed by atoms with van der Waals surface area (Å²) in [4.78, 5) is 60.9. The predicted molar refractivity (Wildman–Crippen MR) is 201 cm³/mol. The summed E-state index contributed by atoms with van der Waals surface area (Å²) in [6.07, 6.45) is 5.29. The molecule has 0 bridgehead atoms. The predicted octanol–water partition coefficient (Wildman–Crippen LogP) is 7.25. The number of carbonyl (C=O) groups is 4. The summed E-state index contributed by atoms with van der Waals surface area (Å²) in [5.74, 6) is 0.503. The molecule has 0 radical (unpaired) electrons. The molecule has 3 aromatic carbocycles. The molecule has 2 heterocycles. The Morgan fingerprint density at radius 1 is 0.885 bits per heavy atom. The molecule has 0 spiro atoms. The highest BCUT2D eigenvalue weighted by Gasteiger charge is 2.36. The van der Waals surface area contributed by atoms with E-state index in [-0.39, 0.29) is 41.3 Å². The second-order valence-electron chi connectivity index (χ2n) is 13.9. The van der Waals surface area contributed by atoms with Crippen molar-refractivity contribution < 1.29 is 23.9 Å². The van der Waals surface area contributed by atoms with Crippen LogP contribution in [0.5, 0.6) is 0 Å². The van der Waals surface area contributed by atoms with Gasteiger partial charge in [0.25, 0.3) is 11.8 Å². The van der Waals surface area contributed by atoms with Crippen molar-refractivity contribution in [2.75, 3.05) is 30.4 Å². The molecule has 1 aliphatic heterocycles. The first-order valence-electron chi connectivity index (χ1n) is 17.5. The van der Waals surface area contributed by atoms with E-state index >= 15 is 0 Å². The smallest absolute Gasteiger partial charge is 0.338 e. The minimum absolute atomic E-state index is 0.150. The molecule has 0 unspecified atom stereocenters. The van der Waals surface area contributed by atoms with Crippen LogP contribution in [0.1, 0.15) is 69.2 Å². The van der Waals surface area contributed by atoms with Crippen LogP contribution < -0.4 is 15.5 Å². The molecule has 268 valence electrons. The number of rotatable bonds is 11. The van der Waals surface area contributed by atoms with E-state index in [4.69, 9.17) is 27.9 Å². The summed E-state index contributed by atoms with van der Waals surface area (Å²) in [6.45, 7) is 3.21. The Kier molecular flexibility index (Phi) is 10.2. The van der Waals surface area contributed by atoms with Crippen LogP contribution in [-0.2, 0) is 16.1 Å². The maximum atomic E-state index is 14.0. The highest BCUT2D eigenvalue weighted by atomic mass is 35.5. The Balaban J connectivity index is 0.972. The minimum atomic E-state index is -0.734. The number of esters is 1. The highest BCUT2D eigenvalue weighted by Crippen LogP contribution is 2.35. The highest BCUT2D eigenvalue weighted by molar-refractivity contribution is 6.42. The van der Waals surface area contributed by atoms with Crippen molar-refractivity contribution in [3.05, 3.63) is 111 Å². The van der Waals surface area contributed by atoms with E-state index in [0.717, 1.165) is 29.1 Å². The standard InChI is InChI=1S/C40H39Cl2N5O5/c1-23-38(49)46(2)35-18-27(28-12-13-43-36(19-28)44-20-24-6-7-24)8-10-32(35)39(50)47(23)22-25-4-3-5-29(14-25)37(48)45-21-26-15-31(16-26)52-40(51)30-9-11-33(41)34(42)17-30/h3-5,8-14,17-19,23-24,26,31H,6-7,15-16,20-22H2,1-2H3,(H,43,44)(H,45,48)/t23-,26?,31?/m1/s1. The fourth-order valence-corrected chi connectivity index (χ4v) is 6.94. The van der Waals surface area contributed by atoms with Gasteiger partial charge >= 0.3 is 5.97 Å². The first kappa shape index (κ1) is 35.5. The van der Waals surface area contributed by atoms with Crippen LogP contribution in [0.3, 0.4) is 0 Å². The van der Waals surface area contributed by atoms with Gasteiger partial charge in [0.05, 0.1) is 26.9 Å². The van der Waals surface area contributed by atoms with Crippen molar-refractivity contribution in [2.45, 2.75) is 51.3 Å². The summed E-state index contributed by atoms with van der Waals surface area (Å²) in [5.41, 5.74) is 4.31. The number of nitrogens with one attached hydrogen (secondary N) is 2. The zero-order valence-electron chi connectivity index (χ0n) is 28.9. The lowest BCUT2D eigenvalue weighted by molar-refractivity contribution is -0.122. The second-order valence-corrected chi connectivity index (χ2v) is 14.7. The topological polar surface area (TPSA) is 121 Å². The molecule has 12 heteroatoms. The quantitative estimate of drug-likeness (QED) is 0.156. The fourth-order valence-electron chi connectivity index (χ4n) is 6.65. The van der Waals surface area contributed by atoms with Crippen molar-refractivity contribution in [3.8, 4) is 11.1 Å². The maximum Gasteiger partial charge on any atom is 0.338 e. The number of likely N-dealkylation sites (N-methyl/N-ethyl adjacent to an activating group) is 1. The van der Waals surface area contributed by atoms with E-state index in [1.807, 2.05) is 30.3 Å². The zero-order valence-corrected chi connectivity index (χ0v) is 30.4. The Morgan fingerprint density at radius 2 is 1.67 bits per heavy atom. The van der Waals surface area contributed by atoms with Gasteiger partial charge in [-0.3, -0.25) is 14.4 Å². The van der Waals surface area contributed by atoms with Gasteiger partial charge in [-0.1, -0.05) is 41.4 Å². The fraction of sp³-hybridized carbons (Fsp3) is 0.325. The number of hydrogen-bond acceptors (Lipinski definition) is 7. The maximum absolute atomic E-state index is 14.0. The van der Waals surface area contributed by atoms with E-state index in [0.29, 0.717) is 52.7 Å². The van der Waals surface area contributed by atoms with Crippen molar-refractivity contribution >= 4 is 58.4 Å². The van der Waals surface area contributed by atoms with Gasteiger partial charge < -0.3 is 25.2 Å². The summed E-state index contributed by atoms with van der Waals surface area (Å²) >= 11 is 12.0. The molecule has 3 amide bonds. The number of pyridine rings is 1. The molecular formula is C40H39Cl2N5O5. The first-order chi connectivity index (χ1) is 25.0. The number of benzene rings is 3. The van der Waals surface area contributed by atoms with Gasteiger partial charge in [0.2, 0.25) is 5.91 Å². The van der Waals surface area contributed by atoms with Crippen molar-refractivity contribution in [1.82, 2.24) is 15.2 Å². The lowest BCUT2D eigenvalue weighted by Gasteiger charge is -2.34. The van der Waals surface area contributed by atoms with Crippen LogP contribution in [-0.4, -0.2) is 65.9 Å². The third-order valence-electron chi connectivity index (χ3n) is 10.1. The monoisotopic (exact) mass is 739 g/mol. The molecule has 52 heavy (non-hydrogen) atoms. The number of carbonyl (C=O) groups excluding carboxylic acids is 4. The van der Waals surface area contributed by atoms with Crippen molar-refractivity contribution in [1.29, 1.82) is 0 Å². The van der Waals surface area contributed by atoms with E-state index in [1.165, 1.54) is 18.9 Å². The number of aromatic nitrogens is 1. The van der Waals surface area contributed by atoms with E-state index < -0.39 is 12.0 Å². The number of ether oxygens (including phenoxy) is 1. The Bertz CT molecular complexity index is 2050. The summed E-state index contributed by atoms with van der Waals surface area (Å²) in [6, 6.07) is 20.4. The number of fused-ring (bicyclic) bond motifs is 1. The minimum Gasteiger partial charge on any atom is -0.459 e. The van der Waals surface area contributed by atoms with E-state index in [1.54, 1.807) is 66.4 Å². The second kappa shape index (κ2) is 15.0. The van der Waals surface area contributed by atoms with Crippen LogP contribution >= 0.6 is 23.2 Å². The van der Waals surface area contributed by atoms with Gasteiger partial charge in [0.15, 0.2) is 0 Å². The van der Waals surface area contributed by atoms with Gasteiger partial charge in [-0.15, -0.1) is 0 Å². The Labute approximate surface area is 312 Å². The van der Waals surface area contributed by atoms with Crippen LogP contribution in [0, 0.1) is 11.8 Å². The molecule has 1 atom stereocenters. The molecule has 7 rings (SSSR count). The number of nitrogens with zero attached hydrogens (tertiary/aromatic N) is 3. The molecule has 3 aliphatic rings. The Hall–Kier alpha value is -4.93. The lowest BCUT2D eigenvalue weighted by atomic mass is 9.82. The third kappa shape index (κ3) is 7.78. The zero-order chi connectivity index (χ0) is 36.5. The molecule has 2 saturated carbocycles. The average Bonchev–Trinajstić information content (AvgIpc) is 3.98. The lowest BCUT2D eigenvalue weighted by Crippen LogP contribution is -2.45. The first-order valence-corrected chi connectivity index (χ1v) is 18.3. The molecular weight excluding hydrogens is 701 g/mol. The number of halogens is 2. The largest absolute Gasteiger partial charge is 0.459 e. The van der Waals surface area contributed by atoms with Crippen LogP contribution in [0.2, 0.25) is 10.0 Å². The van der Waals surface area contributed by atoms with Crippen molar-refractivity contribution in [2.24, 2.45) is 11.8 Å². The molecule has 0 saturated heterocycles. The summed E-state index contributed by atoms with van der Waals surface area (Å²) in [7, 11) is 1.70. The summed E-state index contributed by atoms with van der Waals surface area (Å²) < 4.78 is 5.57. The molecule has 2 aliphatic carbocycles. The van der Waals surface area contributed by atoms with Gasteiger partial charge in [-0.2, -0.15) is 0 Å². The number of amides is 3. The van der Waals surface area contributed by atoms with E-state index in [2.05, 4.69) is 15.6 Å². The molecule has 2 N–H and O–H groups in total. The van der Waals surface area contributed by atoms with E-state index in [9.17, 15) is 19.2 Å².